The number of nitrogens with one attached hydrogen (secondary N) is 1. The lowest BCUT2D eigenvalue weighted by molar-refractivity contribution is 0.101. The van der Waals surface area contributed by atoms with E-state index in [4.69, 9.17) is 0 Å². The fourth-order valence-electron chi connectivity index (χ4n) is 2.51. The number of thioether (sulfide) groups is 1. The summed E-state index contributed by atoms with van der Waals surface area (Å²) >= 11 is 3.39. The Kier molecular flexibility index (Phi) is 4.67. The molecule has 0 atom stereocenters. The van der Waals surface area contributed by atoms with Crippen LogP contribution in [-0.2, 0) is 0 Å². The molecule has 3 nitrogen and oxygen atoms in total. The standard InChI is InChI=1S/C13H20N2OS2/c1-8-12(9(2)16)13(18-15-8)14-10-4-6-11(17-3)7-5-10/h10-11,14H,4-7H2,1-3H3. The van der Waals surface area contributed by atoms with E-state index in [-0.39, 0.29) is 5.78 Å². The summed E-state index contributed by atoms with van der Waals surface area (Å²) in [5.74, 6) is 0.113. The van der Waals surface area contributed by atoms with Crippen LogP contribution in [0.2, 0.25) is 0 Å². The van der Waals surface area contributed by atoms with Crippen molar-refractivity contribution in [2.45, 2.75) is 50.8 Å². The lowest BCUT2D eigenvalue weighted by atomic mass is 9.95. The van der Waals surface area contributed by atoms with Gasteiger partial charge in [0.25, 0.3) is 0 Å². The molecule has 0 aliphatic heterocycles. The molecular formula is C13H20N2OS2. The molecule has 2 rings (SSSR count). The van der Waals surface area contributed by atoms with Crippen LogP contribution >= 0.6 is 23.3 Å². The molecule has 0 unspecified atom stereocenters. The topological polar surface area (TPSA) is 42.0 Å². The van der Waals surface area contributed by atoms with Gasteiger partial charge in [-0.2, -0.15) is 16.1 Å². The largest absolute Gasteiger partial charge is 0.372 e. The fourth-order valence-corrected chi connectivity index (χ4v) is 4.18. The van der Waals surface area contributed by atoms with Crippen LogP contribution < -0.4 is 5.32 Å². The van der Waals surface area contributed by atoms with E-state index in [1.807, 2.05) is 18.7 Å². The van der Waals surface area contributed by atoms with E-state index < -0.39 is 0 Å². The van der Waals surface area contributed by atoms with Crippen LogP contribution in [0.4, 0.5) is 5.00 Å². The van der Waals surface area contributed by atoms with Gasteiger partial charge in [0, 0.05) is 11.3 Å². The summed E-state index contributed by atoms with van der Waals surface area (Å²) in [5, 5.41) is 5.31. The van der Waals surface area contributed by atoms with Crippen molar-refractivity contribution in [2.75, 3.05) is 11.6 Å². The summed E-state index contributed by atoms with van der Waals surface area (Å²) in [7, 11) is 0. The second-order valence-corrected chi connectivity index (χ2v) is 6.79. The normalized spacial score (nSPS) is 23.9. The van der Waals surface area contributed by atoms with Crippen LogP contribution in [0.1, 0.15) is 48.7 Å². The van der Waals surface area contributed by atoms with Gasteiger partial charge in [-0.15, -0.1) is 0 Å². The van der Waals surface area contributed by atoms with Gasteiger partial charge < -0.3 is 5.32 Å². The Bertz CT molecular complexity index is 423. The molecule has 0 spiro atoms. The highest BCUT2D eigenvalue weighted by Gasteiger charge is 2.23. The number of nitrogens with zero attached hydrogens (tertiary/aromatic N) is 1. The Morgan fingerprint density at radius 2 is 2.06 bits per heavy atom. The first-order valence-electron chi connectivity index (χ1n) is 6.38. The Labute approximate surface area is 117 Å². The van der Waals surface area contributed by atoms with E-state index in [1.54, 1.807) is 6.92 Å². The van der Waals surface area contributed by atoms with Crippen molar-refractivity contribution >= 4 is 34.1 Å². The molecule has 1 aliphatic rings. The molecule has 1 aliphatic carbocycles. The molecule has 0 aromatic carbocycles. The number of anilines is 1. The number of carbonyl (C=O) groups is 1. The van der Waals surface area contributed by atoms with Crippen molar-refractivity contribution in [3.8, 4) is 0 Å². The smallest absolute Gasteiger partial charge is 0.164 e. The van der Waals surface area contributed by atoms with Gasteiger partial charge in [0.1, 0.15) is 5.00 Å². The van der Waals surface area contributed by atoms with Crippen molar-refractivity contribution in [3.05, 3.63) is 11.3 Å². The number of carbonyl (C=O) groups excluding carboxylic acids is 1. The second-order valence-electron chi connectivity index (χ2n) is 4.88. The molecule has 18 heavy (non-hydrogen) atoms. The third-order valence-corrected chi connectivity index (χ3v) is 5.57. The lowest BCUT2D eigenvalue weighted by Gasteiger charge is -2.28. The maximum absolute atomic E-state index is 11.6. The number of hydrogen-bond acceptors (Lipinski definition) is 5. The predicted octanol–water partition coefficient (Wildman–Crippen LogP) is 3.74. The number of hydrogen-bond donors (Lipinski definition) is 1. The van der Waals surface area contributed by atoms with Gasteiger partial charge in [0.2, 0.25) is 0 Å². The molecule has 1 N–H and O–H groups in total. The van der Waals surface area contributed by atoms with Gasteiger partial charge >= 0.3 is 0 Å². The van der Waals surface area contributed by atoms with Gasteiger partial charge in [-0.1, -0.05) is 0 Å². The van der Waals surface area contributed by atoms with Crippen LogP contribution in [0.5, 0.6) is 0 Å². The zero-order chi connectivity index (χ0) is 13.1. The number of aryl methyl sites for hydroxylation is 1. The summed E-state index contributed by atoms with van der Waals surface area (Å²) in [6.45, 7) is 3.52. The van der Waals surface area contributed by atoms with Crippen molar-refractivity contribution in [2.24, 2.45) is 0 Å². The average molecular weight is 284 g/mol. The molecule has 1 aromatic rings. The Balaban J connectivity index is 2.00. The van der Waals surface area contributed by atoms with E-state index >= 15 is 0 Å². The highest BCUT2D eigenvalue weighted by Crippen LogP contribution is 2.31. The molecule has 1 fully saturated rings. The molecule has 1 aromatic heterocycles. The quantitative estimate of drug-likeness (QED) is 0.855. The zero-order valence-corrected chi connectivity index (χ0v) is 12.8. The van der Waals surface area contributed by atoms with E-state index in [9.17, 15) is 4.79 Å². The molecule has 0 saturated heterocycles. The summed E-state index contributed by atoms with van der Waals surface area (Å²) in [4.78, 5) is 11.6. The molecule has 1 saturated carbocycles. The average Bonchev–Trinajstić information content (AvgIpc) is 2.71. The van der Waals surface area contributed by atoms with Crippen molar-refractivity contribution in [1.29, 1.82) is 0 Å². The maximum atomic E-state index is 11.6. The van der Waals surface area contributed by atoms with Gasteiger partial charge in [-0.25, -0.2) is 0 Å². The number of rotatable bonds is 4. The minimum atomic E-state index is 0.113. The zero-order valence-electron chi connectivity index (χ0n) is 11.2. The summed E-state index contributed by atoms with van der Waals surface area (Å²) in [6, 6.07) is 0.506. The molecule has 0 amide bonds. The summed E-state index contributed by atoms with van der Waals surface area (Å²) < 4.78 is 4.29. The number of Topliss-reactive ketones (excluding diaryl/α,β-unsaturated/α-hetero) is 1. The highest BCUT2D eigenvalue weighted by molar-refractivity contribution is 7.99. The number of ketones is 1. The Morgan fingerprint density at radius 1 is 1.39 bits per heavy atom. The molecule has 100 valence electrons. The van der Waals surface area contributed by atoms with Crippen molar-refractivity contribution < 1.29 is 4.79 Å². The second kappa shape index (κ2) is 6.06. The third kappa shape index (κ3) is 3.06. The highest BCUT2D eigenvalue weighted by atomic mass is 32.2. The first kappa shape index (κ1) is 13.9. The maximum Gasteiger partial charge on any atom is 0.164 e. The van der Waals surface area contributed by atoms with Crippen LogP contribution in [0.3, 0.4) is 0 Å². The number of aromatic nitrogens is 1. The predicted molar refractivity (Wildman–Crippen MR) is 80.0 cm³/mol. The van der Waals surface area contributed by atoms with E-state index in [2.05, 4.69) is 15.9 Å². The fraction of sp³-hybridized carbons (Fsp3) is 0.692. The van der Waals surface area contributed by atoms with E-state index in [1.165, 1.54) is 37.2 Å². The first-order valence-corrected chi connectivity index (χ1v) is 8.44. The molecule has 5 heteroatoms. The lowest BCUT2D eigenvalue weighted by Crippen LogP contribution is -2.27. The summed E-state index contributed by atoms with van der Waals surface area (Å²) in [5.41, 5.74) is 1.64. The van der Waals surface area contributed by atoms with Crippen molar-refractivity contribution in [1.82, 2.24) is 4.37 Å². The molecular weight excluding hydrogens is 264 g/mol. The van der Waals surface area contributed by atoms with Gasteiger partial charge in [0.05, 0.1) is 11.3 Å². The van der Waals surface area contributed by atoms with Crippen LogP contribution in [-0.4, -0.2) is 27.7 Å². The van der Waals surface area contributed by atoms with Crippen molar-refractivity contribution in [3.63, 3.8) is 0 Å². The van der Waals surface area contributed by atoms with Gasteiger partial charge in [-0.05, 0) is 57.3 Å². The van der Waals surface area contributed by atoms with Crippen LogP contribution in [0.25, 0.3) is 0 Å². The first-order chi connectivity index (χ1) is 8.61. The van der Waals surface area contributed by atoms with Gasteiger partial charge in [-0.3, -0.25) is 4.79 Å². The van der Waals surface area contributed by atoms with E-state index in [0.717, 1.165) is 21.5 Å². The summed E-state index contributed by atoms with van der Waals surface area (Å²) in [6.07, 6.45) is 7.12. The van der Waals surface area contributed by atoms with Crippen LogP contribution in [0, 0.1) is 6.92 Å². The monoisotopic (exact) mass is 284 g/mol. The van der Waals surface area contributed by atoms with Crippen LogP contribution in [0.15, 0.2) is 0 Å². The minimum absolute atomic E-state index is 0.113. The Morgan fingerprint density at radius 3 is 2.61 bits per heavy atom. The minimum Gasteiger partial charge on any atom is -0.372 e. The SMILES string of the molecule is CSC1CCC(Nc2snc(C)c2C(C)=O)CC1. The van der Waals surface area contributed by atoms with Gasteiger partial charge in [0.15, 0.2) is 5.78 Å². The third-order valence-electron chi connectivity index (χ3n) is 3.56. The van der Waals surface area contributed by atoms with E-state index in [0.29, 0.717) is 6.04 Å². The Hall–Kier alpha value is -0.550. The molecule has 0 radical (unpaired) electrons. The molecule has 1 heterocycles. The molecule has 0 bridgehead atoms.